The van der Waals surface area contributed by atoms with Gasteiger partial charge >= 0.3 is 5.97 Å². The van der Waals surface area contributed by atoms with E-state index in [1.165, 1.54) is 18.2 Å². The van der Waals surface area contributed by atoms with E-state index < -0.39 is 16.7 Å². The number of rotatable bonds is 7. The van der Waals surface area contributed by atoms with Gasteiger partial charge in [0.05, 0.1) is 22.1 Å². The number of hydrogen-bond acceptors (Lipinski definition) is 6. The van der Waals surface area contributed by atoms with Crippen molar-refractivity contribution in [1.82, 2.24) is 0 Å². The molecule has 8 heteroatoms. The second kappa shape index (κ2) is 7.59. The standard InChI is InChI=1S/C12H12BrNO6/c1-2-19-12(16)6-9(15)7-20-11-5-8(14(17)18)3-4-10(11)13/h3-5H,2,6-7H2,1H3. The largest absolute Gasteiger partial charge is 0.484 e. The summed E-state index contributed by atoms with van der Waals surface area (Å²) < 4.78 is 10.3. The van der Waals surface area contributed by atoms with E-state index in [1.807, 2.05) is 0 Å². The van der Waals surface area contributed by atoms with Crippen LogP contribution in [0.3, 0.4) is 0 Å². The number of non-ortho nitro benzene ring substituents is 1. The molecule has 20 heavy (non-hydrogen) atoms. The van der Waals surface area contributed by atoms with Gasteiger partial charge in [0.15, 0.2) is 5.78 Å². The highest BCUT2D eigenvalue weighted by Gasteiger charge is 2.14. The number of nitrogens with zero attached hydrogens (tertiary/aromatic N) is 1. The van der Waals surface area contributed by atoms with Crippen molar-refractivity contribution in [3.8, 4) is 5.75 Å². The Bertz CT molecular complexity index is 531. The Kier molecular flexibility index (Phi) is 6.10. The Hall–Kier alpha value is -1.96. The fourth-order valence-corrected chi connectivity index (χ4v) is 1.66. The third-order valence-corrected chi connectivity index (χ3v) is 2.82. The van der Waals surface area contributed by atoms with Gasteiger partial charge in [0.1, 0.15) is 18.8 Å². The van der Waals surface area contributed by atoms with E-state index in [4.69, 9.17) is 4.74 Å². The first-order valence-corrected chi connectivity index (χ1v) is 6.47. The van der Waals surface area contributed by atoms with Gasteiger partial charge in [-0.05, 0) is 28.9 Å². The zero-order chi connectivity index (χ0) is 15.1. The first-order chi connectivity index (χ1) is 9.43. The van der Waals surface area contributed by atoms with Gasteiger partial charge in [-0.15, -0.1) is 0 Å². The molecule has 0 spiro atoms. The van der Waals surface area contributed by atoms with Gasteiger partial charge in [-0.2, -0.15) is 0 Å². The van der Waals surface area contributed by atoms with Crippen LogP contribution in [0, 0.1) is 10.1 Å². The first-order valence-electron chi connectivity index (χ1n) is 5.68. The van der Waals surface area contributed by atoms with E-state index in [1.54, 1.807) is 6.92 Å². The van der Waals surface area contributed by atoms with Crippen LogP contribution >= 0.6 is 15.9 Å². The minimum absolute atomic E-state index is 0.152. The van der Waals surface area contributed by atoms with Crippen LogP contribution in [0.2, 0.25) is 0 Å². The van der Waals surface area contributed by atoms with Crippen LogP contribution in [0.4, 0.5) is 5.69 Å². The molecule has 0 aliphatic carbocycles. The quantitative estimate of drug-likeness (QED) is 0.325. The summed E-state index contributed by atoms with van der Waals surface area (Å²) in [6.07, 6.45) is -0.389. The number of benzene rings is 1. The van der Waals surface area contributed by atoms with Crippen molar-refractivity contribution in [1.29, 1.82) is 0 Å². The van der Waals surface area contributed by atoms with Crippen LogP contribution in [0.15, 0.2) is 22.7 Å². The van der Waals surface area contributed by atoms with E-state index in [2.05, 4.69) is 20.7 Å². The van der Waals surface area contributed by atoms with Crippen LogP contribution in [0.25, 0.3) is 0 Å². The summed E-state index contributed by atoms with van der Waals surface area (Å²) in [5, 5.41) is 10.6. The van der Waals surface area contributed by atoms with E-state index in [9.17, 15) is 19.7 Å². The maximum Gasteiger partial charge on any atom is 0.313 e. The van der Waals surface area contributed by atoms with Crippen LogP contribution in [0.1, 0.15) is 13.3 Å². The summed E-state index contributed by atoms with van der Waals surface area (Å²) >= 11 is 3.15. The zero-order valence-corrected chi connectivity index (χ0v) is 12.2. The Morgan fingerprint density at radius 1 is 1.40 bits per heavy atom. The maximum absolute atomic E-state index is 11.5. The molecule has 0 aromatic heterocycles. The highest BCUT2D eigenvalue weighted by molar-refractivity contribution is 9.10. The monoisotopic (exact) mass is 345 g/mol. The Morgan fingerprint density at radius 2 is 2.10 bits per heavy atom. The molecule has 0 heterocycles. The topological polar surface area (TPSA) is 95.7 Å². The molecule has 0 atom stereocenters. The third kappa shape index (κ3) is 4.96. The second-order valence-electron chi connectivity index (χ2n) is 3.68. The molecule has 0 saturated heterocycles. The molecule has 0 radical (unpaired) electrons. The molecule has 1 rings (SSSR count). The number of Topliss-reactive ketones (excluding diaryl/α,β-unsaturated/α-hetero) is 1. The van der Waals surface area contributed by atoms with Gasteiger partial charge in [-0.3, -0.25) is 19.7 Å². The molecule has 0 N–H and O–H groups in total. The van der Waals surface area contributed by atoms with E-state index >= 15 is 0 Å². The van der Waals surface area contributed by atoms with E-state index in [-0.39, 0.29) is 31.1 Å². The molecule has 0 aliphatic rings. The van der Waals surface area contributed by atoms with E-state index in [0.29, 0.717) is 4.47 Å². The lowest BCUT2D eigenvalue weighted by molar-refractivity contribution is -0.385. The SMILES string of the molecule is CCOC(=O)CC(=O)COc1cc([N+](=O)[O-])ccc1Br. The Labute approximate surface area is 123 Å². The van der Waals surface area contributed by atoms with Crippen LogP contribution < -0.4 is 4.74 Å². The summed E-state index contributed by atoms with van der Waals surface area (Å²) in [6.45, 7) is 1.47. The lowest BCUT2D eigenvalue weighted by atomic mass is 10.3. The number of esters is 1. The summed E-state index contributed by atoms with van der Waals surface area (Å²) in [6, 6.07) is 3.95. The number of ether oxygens (including phenoxy) is 2. The number of carbonyl (C=O) groups is 2. The molecule has 0 bridgehead atoms. The van der Waals surface area contributed by atoms with E-state index in [0.717, 1.165) is 0 Å². The molecular weight excluding hydrogens is 334 g/mol. The number of ketones is 1. The molecule has 1 aromatic carbocycles. The molecule has 1 aromatic rings. The predicted octanol–water partition coefficient (Wildman–Crippen LogP) is 2.26. The minimum atomic E-state index is -0.626. The lowest BCUT2D eigenvalue weighted by Gasteiger charge is -2.07. The smallest absolute Gasteiger partial charge is 0.313 e. The van der Waals surface area contributed by atoms with Crippen LogP contribution in [-0.4, -0.2) is 29.9 Å². The van der Waals surface area contributed by atoms with Crippen LogP contribution in [0.5, 0.6) is 5.75 Å². The van der Waals surface area contributed by atoms with Crippen molar-refractivity contribution in [3.05, 3.63) is 32.8 Å². The summed E-state index contributed by atoms with van der Waals surface area (Å²) in [5.74, 6) is -0.933. The van der Waals surface area contributed by atoms with Gasteiger partial charge < -0.3 is 9.47 Å². The maximum atomic E-state index is 11.5. The van der Waals surface area contributed by atoms with Gasteiger partial charge in [0, 0.05) is 6.07 Å². The molecule has 108 valence electrons. The van der Waals surface area contributed by atoms with Gasteiger partial charge in [0.25, 0.3) is 5.69 Å². The summed E-state index contributed by atoms with van der Waals surface area (Å²) in [7, 11) is 0. The minimum Gasteiger partial charge on any atom is -0.484 e. The average Bonchev–Trinajstić information content (AvgIpc) is 2.37. The Morgan fingerprint density at radius 3 is 2.70 bits per heavy atom. The molecule has 0 fully saturated rings. The van der Waals surface area contributed by atoms with Gasteiger partial charge in [0.2, 0.25) is 0 Å². The van der Waals surface area contributed by atoms with Crippen molar-refractivity contribution in [2.75, 3.05) is 13.2 Å². The highest BCUT2D eigenvalue weighted by Crippen LogP contribution is 2.29. The molecule has 0 amide bonds. The molecule has 0 unspecified atom stereocenters. The fourth-order valence-electron chi connectivity index (χ4n) is 1.30. The second-order valence-corrected chi connectivity index (χ2v) is 4.54. The van der Waals surface area contributed by atoms with Gasteiger partial charge in [-0.1, -0.05) is 0 Å². The normalized spacial score (nSPS) is 9.90. The Balaban J connectivity index is 2.61. The van der Waals surface area contributed by atoms with Gasteiger partial charge in [-0.25, -0.2) is 0 Å². The fraction of sp³-hybridized carbons (Fsp3) is 0.333. The molecular formula is C12H12BrNO6. The number of carbonyl (C=O) groups excluding carboxylic acids is 2. The highest BCUT2D eigenvalue weighted by atomic mass is 79.9. The number of hydrogen-bond donors (Lipinski definition) is 0. The number of halogens is 1. The average molecular weight is 346 g/mol. The van der Waals surface area contributed by atoms with Crippen molar-refractivity contribution in [3.63, 3.8) is 0 Å². The number of nitro groups is 1. The number of nitro benzene ring substituents is 1. The third-order valence-electron chi connectivity index (χ3n) is 2.16. The van der Waals surface area contributed by atoms with Crippen molar-refractivity contribution >= 4 is 33.4 Å². The summed E-state index contributed by atoms with van der Waals surface area (Å²) in [5.41, 5.74) is -0.152. The molecule has 0 saturated carbocycles. The first kappa shape index (κ1) is 16.1. The van der Waals surface area contributed by atoms with Crippen molar-refractivity contribution in [2.45, 2.75) is 13.3 Å². The molecule has 0 aliphatic heterocycles. The lowest BCUT2D eigenvalue weighted by Crippen LogP contribution is -2.17. The van der Waals surface area contributed by atoms with Crippen LogP contribution in [-0.2, 0) is 14.3 Å². The zero-order valence-electron chi connectivity index (χ0n) is 10.6. The molecule has 7 nitrogen and oxygen atoms in total. The van der Waals surface area contributed by atoms with Crippen molar-refractivity contribution < 1.29 is 24.0 Å². The predicted molar refractivity (Wildman–Crippen MR) is 72.5 cm³/mol. The summed E-state index contributed by atoms with van der Waals surface area (Å²) in [4.78, 5) is 32.6. The van der Waals surface area contributed by atoms with Crippen molar-refractivity contribution in [2.24, 2.45) is 0 Å².